The van der Waals surface area contributed by atoms with E-state index in [0.29, 0.717) is 11.1 Å². The van der Waals surface area contributed by atoms with Gasteiger partial charge in [0.05, 0.1) is 17.3 Å². The van der Waals surface area contributed by atoms with E-state index in [2.05, 4.69) is 15.4 Å². The van der Waals surface area contributed by atoms with Crippen molar-refractivity contribution in [3.63, 3.8) is 0 Å². The Morgan fingerprint density at radius 2 is 2.32 bits per heavy atom. The third-order valence-corrected chi connectivity index (χ3v) is 4.01. The molecule has 1 saturated carbocycles. The van der Waals surface area contributed by atoms with Crippen LogP contribution in [0.1, 0.15) is 19.8 Å². The highest BCUT2D eigenvalue weighted by molar-refractivity contribution is 6.32. The number of carbonyl (C=O) groups excluding carboxylic acids is 1. The zero-order valence-electron chi connectivity index (χ0n) is 12.4. The lowest BCUT2D eigenvalue weighted by molar-refractivity contribution is -0.129. The first kappa shape index (κ1) is 14.8. The van der Waals surface area contributed by atoms with Crippen molar-refractivity contribution in [3.05, 3.63) is 35.9 Å². The third-order valence-electron chi connectivity index (χ3n) is 3.71. The summed E-state index contributed by atoms with van der Waals surface area (Å²) in [4.78, 5) is 18.0. The van der Waals surface area contributed by atoms with Crippen LogP contribution in [0.5, 0.6) is 0 Å². The second kappa shape index (κ2) is 6.36. The molecule has 1 aromatic heterocycles. The number of rotatable bonds is 6. The summed E-state index contributed by atoms with van der Waals surface area (Å²) < 4.78 is 1.60. The number of hydrogen-bond acceptors (Lipinski definition) is 4. The lowest BCUT2D eigenvalue weighted by Gasteiger charge is -2.20. The molecule has 1 aromatic carbocycles. The van der Waals surface area contributed by atoms with E-state index in [4.69, 9.17) is 11.6 Å². The van der Waals surface area contributed by atoms with Gasteiger partial charge in [0.15, 0.2) is 0 Å². The number of nitrogens with zero attached hydrogens (tertiary/aromatic N) is 4. The molecule has 0 bridgehead atoms. The van der Waals surface area contributed by atoms with Crippen LogP contribution in [0, 0.1) is 0 Å². The molecule has 0 radical (unpaired) electrons. The average molecular weight is 320 g/mol. The number of anilines is 1. The van der Waals surface area contributed by atoms with Gasteiger partial charge in [0.1, 0.15) is 12.7 Å². The first-order chi connectivity index (χ1) is 10.7. The lowest BCUT2D eigenvalue weighted by Crippen LogP contribution is -2.37. The van der Waals surface area contributed by atoms with Crippen molar-refractivity contribution in [3.8, 4) is 5.69 Å². The first-order valence-electron chi connectivity index (χ1n) is 7.37. The largest absolute Gasteiger partial charge is 0.376 e. The summed E-state index contributed by atoms with van der Waals surface area (Å²) >= 11 is 6.26. The fourth-order valence-corrected chi connectivity index (χ4v) is 2.71. The first-order valence-corrected chi connectivity index (χ1v) is 7.74. The number of likely N-dealkylation sites (N-methyl/N-ethyl adjacent to an activating group) is 1. The molecule has 1 amide bonds. The van der Waals surface area contributed by atoms with Crippen LogP contribution in [-0.4, -0.2) is 44.7 Å². The van der Waals surface area contributed by atoms with Gasteiger partial charge in [-0.3, -0.25) is 4.79 Å². The Hall–Kier alpha value is -2.08. The van der Waals surface area contributed by atoms with Crippen LogP contribution in [0.25, 0.3) is 5.69 Å². The Balaban J connectivity index is 1.63. The molecule has 1 aliphatic rings. The van der Waals surface area contributed by atoms with Gasteiger partial charge in [-0.15, -0.1) is 0 Å². The molecule has 2 aromatic rings. The van der Waals surface area contributed by atoms with E-state index in [1.165, 1.54) is 6.33 Å². The lowest BCUT2D eigenvalue weighted by atomic mass is 10.2. The van der Waals surface area contributed by atoms with Crippen LogP contribution in [0.3, 0.4) is 0 Å². The van der Waals surface area contributed by atoms with Crippen molar-refractivity contribution < 1.29 is 4.79 Å². The minimum absolute atomic E-state index is 0.126. The van der Waals surface area contributed by atoms with E-state index >= 15 is 0 Å². The van der Waals surface area contributed by atoms with Crippen molar-refractivity contribution in [2.45, 2.75) is 25.8 Å². The molecule has 1 N–H and O–H groups in total. The topological polar surface area (TPSA) is 63.1 Å². The molecule has 0 aliphatic heterocycles. The Morgan fingerprint density at radius 1 is 1.50 bits per heavy atom. The molecular formula is C15H18ClN5O. The summed E-state index contributed by atoms with van der Waals surface area (Å²) in [5, 5.41) is 7.74. The predicted molar refractivity (Wildman–Crippen MR) is 85.3 cm³/mol. The van der Waals surface area contributed by atoms with Crippen LogP contribution >= 0.6 is 11.6 Å². The van der Waals surface area contributed by atoms with Crippen LogP contribution in [0.2, 0.25) is 5.02 Å². The average Bonchev–Trinajstić information content (AvgIpc) is 3.19. The molecule has 0 unspecified atom stereocenters. The number of halogens is 1. The number of aromatic nitrogens is 3. The van der Waals surface area contributed by atoms with Gasteiger partial charge in [-0.05, 0) is 38.0 Å². The second-order valence-corrected chi connectivity index (χ2v) is 5.68. The van der Waals surface area contributed by atoms with E-state index in [1.54, 1.807) is 17.1 Å². The highest BCUT2D eigenvalue weighted by atomic mass is 35.5. The quantitative estimate of drug-likeness (QED) is 0.887. The van der Waals surface area contributed by atoms with Crippen LogP contribution < -0.4 is 5.32 Å². The maximum absolute atomic E-state index is 12.2. The van der Waals surface area contributed by atoms with Gasteiger partial charge in [0.25, 0.3) is 0 Å². The zero-order valence-corrected chi connectivity index (χ0v) is 13.1. The standard InChI is InChI=1S/C15H18ClN5O/c1-2-20(12-4-5-12)15(22)8-18-11-3-6-14(13(16)7-11)21-10-17-9-19-21/h3,6-7,9-10,12,18H,2,4-5,8H2,1H3. The minimum Gasteiger partial charge on any atom is -0.376 e. The number of hydrogen-bond donors (Lipinski definition) is 1. The van der Waals surface area contributed by atoms with E-state index in [9.17, 15) is 4.79 Å². The van der Waals surface area contributed by atoms with Crippen molar-refractivity contribution >= 4 is 23.2 Å². The molecule has 0 spiro atoms. The van der Waals surface area contributed by atoms with Crippen LogP contribution in [-0.2, 0) is 4.79 Å². The summed E-state index contributed by atoms with van der Waals surface area (Å²) in [7, 11) is 0. The Labute approximate surface area is 134 Å². The van der Waals surface area contributed by atoms with Crippen molar-refractivity contribution in [2.75, 3.05) is 18.4 Å². The van der Waals surface area contributed by atoms with Gasteiger partial charge in [-0.25, -0.2) is 9.67 Å². The van der Waals surface area contributed by atoms with Gasteiger partial charge in [-0.1, -0.05) is 11.6 Å². The van der Waals surface area contributed by atoms with Gasteiger partial charge in [0, 0.05) is 18.3 Å². The van der Waals surface area contributed by atoms with E-state index in [-0.39, 0.29) is 12.5 Å². The van der Waals surface area contributed by atoms with Crippen molar-refractivity contribution in [2.24, 2.45) is 0 Å². The molecule has 0 atom stereocenters. The number of amides is 1. The Kier molecular flexibility index (Phi) is 4.29. The molecule has 1 fully saturated rings. The van der Waals surface area contributed by atoms with Crippen LogP contribution in [0.4, 0.5) is 5.69 Å². The zero-order chi connectivity index (χ0) is 15.5. The van der Waals surface area contributed by atoms with Gasteiger partial charge < -0.3 is 10.2 Å². The molecule has 22 heavy (non-hydrogen) atoms. The molecule has 6 nitrogen and oxygen atoms in total. The molecular weight excluding hydrogens is 302 g/mol. The summed E-state index contributed by atoms with van der Waals surface area (Å²) in [5.41, 5.74) is 1.57. The fraction of sp³-hybridized carbons (Fsp3) is 0.400. The summed E-state index contributed by atoms with van der Waals surface area (Å²) in [6.45, 7) is 3.06. The minimum atomic E-state index is 0.126. The van der Waals surface area contributed by atoms with Gasteiger partial charge in [0.2, 0.25) is 5.91 Å². The number of benzene rings is 1. The van der Waals surface area contributed by atoms with Gasteiger partial charge in [-0.2, -0.15) is 5.10 Å². The van der Waals surface area contributed by atoms with E-state index in [0.717, 1.165) is 30.8 Å². The molecule has 116 valence electrons. The molecule has 7 heteroatoms. The second-order valence-electron chi connectivity index (χ2n) is 5.27. The fourth-order valence-electron chi connectivity index (χ4n) is 2.44. The monoisotopic (exact) mass is 319 g/mol. The van der Waals surface area contributed by atoms with Gasteiger partial charge >= 0.3 is 0 Å². The highest BCUT2D eigenvalue weighted by Gasteiger charge is 2.30. The predicted octanol–water partition coefficient (Wildman–Crippen LogP) is 2.34. The summed E-state index contributed by atoms with van der Waals surface area (Å²) in [5.74, 6) is 0.126. The van der Waals surface area contributed by atoms with E-state index < -0.39 is 0 Å². The summed E-state index contributed by atoms with van der Waals surface area (Å²) in [6, 6.07) is 5.96. The SMILES string of the molecule is CCN(C(=O)CNc1ccc(-n2cncn2)c(Cl)c1)C1CC1. The Bertz CT molecular complexity index is 654. The number of carbonyl (C=O) groups is 1. The van der Waals surface area contributed by atoms with Crippen molar-refractivity contribution in [1.29, 1.82) is 0 Å². The smallest absolute Gasteiger partial charge is 0.242 e. The molecule has 0 saturated heterocycles. The molecule has 1 heterocycles. The molecule has 3 rings (SSSR count). The Morgan fingerprint density at radius 3 is 2.91 bits per heavy atom. The third kappa shape index (κ3) is 3.22. The highest BCUT2D eigenvalue weighted by Crippen LogP contribution is 2.27. The maximum atomic E-state index is 12.2. The normalized spacial score (nSPS) is 13.9. The van der Waals surface area contributed by atoms with E-state index in [1.807, 2.05) is 24.0 Å². The summed E-state index contributed by atoms with van der Waals surface area (Å²) in [6.07, 6.45) is 5.29. The van der Waals surface area contributed by atoms with Crippen molar-refractivity contribution in [1.82, 2.24) is 19.7 Å². The molecule has 1 aliphatic carbocycles. The maximum Gasteiger partial charge on any atom is 0.242 e. The van der Waals surface area contributed by atoms with Crippen LogP contribution in [0.15, 0.2) is 30.9 Å². The number of nitrogens with one attached hydrogen (secondary N) is 1.